The number of aryl methyl sites for hydroxylation is 1. The fraction of sp³-hybridized carbons (Fsp3) is 0.357. The van der Waals surface area contributed by atoms with Crippen LogP contribution in [0, 0.1) is 18.8 Å². The van der Waals surface area contributed by atoms with E-state index in [0.29, 0.717) is 11.3 Å². The number of hydrogen-bond acceptors (Lipinski definition) is 5. The predicted molar refractivity (Wildman–Crippen MR) is 75.0 cm³/mol. The molecule has 0 unspecified atom stereocenters. The van der Waals surface area contributed by atoms with Gasteiger partial charge in [-0.2, -0.15) is 0 Å². The predicted octanol–water partition coefficient (Wildman–Crippen LogP) is 0.150. The lowest BCUT2D eigenvalue weighted by Crippen LogP contribution is -2.49. The van der Waals surface area contributed by atoms with Crippen molar-refractivity contribution in [3.05, 3.63) is 34.0 Å². The number of nitrogens with one attached hydrogen (secondary N) is 2. The monoisotopic (exact) mass is 307 g/mol. The van der Waals surface area contributed by atoms with Gasteiger partial charge in [0.25, 0.3) is 5.91 Å². The highest BCUT2D eigenvalue weighted by atomic mass is 32.1. The second kappa shape index (κ2) is 6.53. The highest BCUT2D eigenvalue weighted by molar-refractivity contribution is 7.12. The largest absolute Gasteiger partial charge is 0.550 e. The Hall–Kier alpha value is -2.15. The first-order valence-electron chi connectivity index (χ1n) is 6.51. The third-order valence-corrected chi connectivity index (χ3v) is 4.45. The summed E-state index contributed by atoms with van der Waals surface area (Å²) < 4.78 is 0. The van der Waals surface area contributed by atoms with E-state index < -0.39 is 29.6 Å². The van der Waals surface area contributed by atoms with Crippen LogP contribution in [-0.4, -0.2) is 17.8 Å². The average Bonchev–Trinajstić information content (AvgIpc) is 2.90. The first-order valence-corrected chi connectivity index (χ1v) is 7.38. The molecule has 2 amide bonds. The molecule has 1 aromatic rings. The van der Waals surface area contributed by atoms with E-state index in [1.54, 1.807) is 30.5 Å². The lowest BCUT2D eigenvalue weighted by atomic mass is 9.82. The number of thiophene rings is 1. The molecule has 2 atom stereocenters. The van der Waals surface area contributed by atoms with Crippen LogP contribution in [0.3, 0.4) is 0 Å². The van der Waals surface area contributed by atoms with Crippen molar-refractivity contribution in [3.63, 3.8) is 0 Å². The molecular weight excluding hydrogens is 292 g/mol. The fourth-order valence-electron chi connectivity index (χ4n) is 2.24. The maximum atomic E-state index is 12.0. The summed E-state index contributed by atoms with van der Waals surface area (Å²) in [5.74, 6) is -3.77. The number of allylic oxidation sites excluding steroid dienone is 2. The van der Waals surface area contributed by atoms with Crippen molar-refractivity contribution in [2.24, 2.45) is 11.8 Å². The first kappa shape index (κ1) is 15.2. The summed E-state index contributed by atoms with van der Waals surface area (Å²) >= 11 is 1.27. The van der Waals surface area contributed by atoms with Gasteiger partial charge >= 0.3 is 0 Å². The Morgan fingerprint density at radius 1 is 1.19 bits per heavy atom. The molecule has 2 rings (SSSR count). The van der Waals surface area contributed by atoms with Crippen LogP contribution in [-0.2, 0) is 9.59 Å². The van der Waals surface area contributed by atoms with E-state index in [1.807, 2.05) is 0 Å². The maximum absolute atomic E-state index is 12.0. The second-order valence-corrected chi connectivity index (χ2v) is 5.77. The summed E-state index contributed by atoms with van der Waals surface area (Å²) in [6.45, 7) is 1.80. The van der Waals surface area contributed by atoms with Gasteiger partial charge in [0, 0.05) is 11.9 Å². The van der Waals surface area contributed by atoms with Gasteiger partial charge in [-0.3, -0.25) is 20.4 Å². The van der Waals surface area contributed by atoms with Gasteiger partial charge in [-0.25, -0.2) is 0 Å². The molecule has 0 spiro atoms. The topological polar surface area (TPSA) is 98.3 Å². The SMILES string of the molecule is Cc1ccsc1C(=O)NNC(=O)[C@@H]1CC=CC[C@H]1C(=O)[O-]. The summed E-state index contributed by atoms with van der Waals surface area (Å²) in [4.78, 5) is 35.4. The molecule has 2 N–H and O–H groups in total. The summed E-state index contributed by atoms with van der Waals surface area (Å²) in [7, 11) is 0. The van der Waals surface area contributed by atoms with Gasteiger partial charge in [0.15, 0.2) is 0 Å². The van der Waals surface area contributed by atoms with E-state index in [1.165, 1.54) is 11.3 Å². The maximum Gasteiger partial charge on any atom is 0.280 e. The van der Waals surface area contributed by atoms with Crippen LogP contribution in [0.2, 0.25) is 0 Å². The van der Waals surface area contributed by atoms with Gasteiger partial charge < -0.3 is 9.90 Å². The van der Waals surface area contributed by atoms with Crippen LogP contribution < -0.4 is 16.0 Å². The van der Waals surface area contributed by atoms with Crippen molar-refractivity contribution in [1.29, 1.82) is 0 Å². The van der Waals surface area contributed by atoms with Gasteiger partial charge in [-0.05, 0) is 36.8 Å². The molecule has 112 valence electrons. The third-order valence-electron chi connectivity index (χ3n) is 3.44. The number of hydrogen-bond donors (Lipinski definition) is 2. The second-order valence-electron chi connectivity index (χ2n) is 4.85. The number of hydrazine groups is 1. The Morgan fingerprint density at radius 2 is 1.86 bits per heavy atom. The molecule has 1 aromatic heterocycles. The molecular formula is C14H15N2O4S-. The fourth-order valence-corrected chi connectivity index (χ4v) is 3.06. The molecule has 1 aliphatic rings. The third kappa shape index (κ3) is 3.49. The van der Waals surface area contributed by atoms with E-state index >= 15 is 0 Å². The van der Waals surface area contributed by atoms with Crippen LogP contribution in [0.15, 0.2) is 23.6 Å². The molecule has 1 aliphatic carbocycles. The van der Waals surface area contributed by atoms with Crippen LogP contribution >= 0.6 is 11.3 Å². The minimum absolute atomic E-state index is 0.262. The molecule has 21 heavy (non-hydrogen) atoms. The summed E-state index contributed by atoms with van der Waals surface area (Å²) in [5, 5.41) is 12.8. The summed E-state index contributed by atoms with van der Waals surface area (Å²) in [5.41, 5.74) is 5.43. The van der Waals surface area contributed by atoms with Crippen LogP contribution in [0.1, 0.15) is 28.1 Å². The highest BCUT2D eigenvalue weighted by Crippen LogP contribution is 2.25. The molecule has 1 heterocycles. The number of carboxylic acid groups (broad SMARTS) is 1. The number of amides is 2. The normalized spacial score (nSPS) is 20.8. The van der Waals surface area contributed by atoms with Gasteiger partial charge in [0.05, 0.1) is 10.8 Å². The Labute approximate surface area is 125 Å². The van der Waals surface area contributed by atoms with Gasteiger partial charge in [-0.1, -0.05) is 12.2 Å². The van der Waals surface area contributed by atoms with E-state index in [-0.39, 0.29) is 6.42 Å². The van der Waals surface area contributed by atoms with Crippen LogP contribution in [0.4, 0.5) is 0 Å². The number of carbonyl (C=O) groups is 3. The van der Waals surface area contributed by atoms with Gasteiger partial charge in [0.2, 0.25) is 5.91 Å². The van der Waals surface area contributed by atoms with Gasteiger partial charge in [0.1, 0.15) is 0 Å². The standard InChI is InChI=1S/C14H16N2O4S/c1-8-6-7-21-11(8)13(18)16-15-12(17)9-4-2-3-5-10(9)14(19)20/h2-3,6-7,9-10H,4-5H2,1H3,(H,15,17)(H,16,18)(H,19,20)/p-1/t9-,10-/m1/s1. The Kier molecular flexibility index (Phi) is 4.74. The van der Waals surface area contributed by atoms with Crippen molar-refractivity contribution in [3.8, 4) is 0 Å². The Morgan fingerprint density at radius 3 is 2.43 bits per heavy atom. The van der Waals surface area contributed by atoms with E-state index in [2.05, 4.69) is 10.9 Å². The summed E-state index contributed by atoms with van der Waals surface area (Å²) in [6.07, 6.45) is 4.06. The quantitative estimate of drug-likeness (QED) is 0.613. The lowest BCUT2D eigenvalue weighted by Gasteiger charge is -2.28. The molecule has 0 saturated heterocycles. The molecule has 0 aliphatic heterocycles. The van der Waals surface area contributed by atoms with E-state index in [0.717, 1.165) is 5.56 Å². The smallest absolute Gasteiger partial charge is 0.280 e. The molecule has 7 heteroatoms. The molecule has 0 aromatic carbocycles. The zero-order valence-electron chi connectivity index (χ0n) is 11.4. The van der Waals surface area contributed by atoms with Crippen molar-refractivity contribution in [1.82, 2.24) is 10.9 Å². The molecule has 0 radical (unpaired) electrons. The number of aliphatic carboxylic acids is 1. The van der Waals surface area contributed by atoms with E-state index in [4.69, 9.17) is 0 Å². The Balaban J connectivity index is 1.95. The average molecular weight is 307 g/mol. The van der Waals surface area contributed by atoms with Gasteiger partial charge in [-0.15, -0.1) is 11.3 Å². The van der Waals surface area contributed by atoms with Crippen molar-refractivity contribution in [2.45, 2.75) is 19.8 Å². The van der Waals surface area contributed by atoms with Crippen molar-refractivity contribution >= 4 is 29.1 Å². The number of carbonyl (C=O) groups excluding carboxylic acids is 3. The molecule has 0 bridgehead atoms. The van der Waals surface area contributed by atoms with Crippen LogP contribution in [0.25, 0.3) is 0 Å². The van der Waals surface area contributed by atoms with Crippen LogP contribution in [0.5, 0.6) is 0 Å². The molecule has 0 saturated carbocycles. The zero-order valence-corrected chi connectivity index (χ0v) is 12.2. The van der Waals surface area contributed by atoms with Crippen molar-refractivity contribution in [2.75, 3.05) is 0 Å². The minimum atomic E-state index is -1.25. The summed E-state index contributed by atoms with van der Waals surface area (Å²) in [6, 6.07) is 1.81. The number of rotatable bonds is 3. The Bertz CT molecular complexity index is 594. The lowest BCUT2D eigenvalue weighted by molar-refractivity contribution is -0.313. The first-order chi connectivity index (χ1) is 10.0. The number of carboxylic acids is 1. The highest BCUT2D eigenvalue weighted by Gasteiger charge is 2.30. The van der Waals surface area contributed by atoms with E-state index in [9.17, 15) is 19.5 Å². The molecule has 6 nitrogen and oxygen atoms in total. The minimum Gasteiger partial charge on any atom is -0.550 e. The molecule has 0 fully saturated rings. The van der Waals surface area contributed by atoms with Crippen molar-refractivity contribution < 1.29 is 19.5 Å². The zero-order chi connectivity index (χ0) is 15.4.